The summed E-state index contributed by atoms with van der Waals surface area (Å²) in [5.41, 5.74) is 0.530. The number of morpholine rings is 1. The Morgan fingerprint density at radius 3 is 2.33 bits per heavy atom. The first-order valence-corrected chi connectivity index (χ1v) is 9.38. The molecular weight excluding hydrogens is 260 g/mol. The molecule has 3 aliphatic rings. The van der Waals surface area contributed by atoms with Gasteiger partial charge < -0.3 is 10.1 Å². The smallest absolute Gasteiger partial charge is 0.0707 e. The molecule has 2 aliphatic heterocycles. The molecule has 3 fully saturated rings. The first kappa shape index (κ1) is 15.8. The fourth-order valence-electron chi connectivity index (χ4n) is 4.70. The van der Waals surface area contributed by atoms with Gasteiger partial charge in [-0.3, -0.25) is 4.90 Å². The van der Waals surface area contributed by atoms with Gasteiger partial charge in [0.25, 0.3) is 0 Å². The molecular formula is C18H34N2O. The average molecular weight is 294 g/mol. The van der Waals surface area contributed by atoms with Gasteiger partial charge in [0.2, 0.25) is 0 Å². The summed E-state index contributed by atoms with van der Waals surface area (Å²) in [7, 11) is 0. The summed E-state index contributed by atoms with van der Waals surface area (Å²) in [6, 6.07) is 0. The van der Waals surface area contributed by atoms with Crippen molar-refractivity contribution in [2.24, 2.45) is 5.41 Å². The number of rotatable bonds is 6. The van der Waals surface area contributed by atoms with Crippen LogP contribution in [0.3, 0.4) is 0 Å². The minimum Gasteiger partial charge on any atom is -0.372 e. The van der Waals surface area contributed by atoms with Crippen LogP contribution in [0, 0.1) is 5.41 Å². The summed E-state index contributed by atoms with van der Waals surface area (Å²) in [6.45, 7) is 8.36. The summed E-state index contributed by atoms with van der Waals surface area (Å²) in [5, 5.41) is 3.74. The highest BCUT2D eigenvalue weighted by Gasteiger charge is 2.38. The van der Waals surface area contributed by atoms with Crippen molar-refractivity contribution in [3.63, 3.8) is 0 Å². The van der Waals surface area contributed by atoms with Crippen LogP contribution in [0.25, 0.3) is 0 Å². The van der Waals surface area contributed by atoms with E-state index in [0.29, 0.717) is 17.6 Å². The highest BCUT2D eigenvalue weighted by molar-refractivity contribution is 4.91. The summed E-state index contributed by atoms with van der Waals surface area (Å²) in [4.78, 5) is 2.74. The molecule has 1 N–H and O–H groups in total. The fourth-order valence-corrected chi connectivity index (χ4v) is 4.70. The van der Waals surface area contributed by atoms with Gasteiger partial charge in [0.1, 0.15) is 0 Å². The van der Waals surface area contributed by atoms with Gasteiger partial charge in [0.05, 0.1) is 12.2 Å². The SMILES string of the molecule is CCCNCC1(CN2CC3CCC(C2)O3)CCCCCC1. The van der Waals surface area contributed by atoms with Gasteiger partial charge in [0, 0.05) is 26.2 Å². The van der Waals surface area contributed by atoms with E-state index in [1.165, 1.54) is 90.5 Å². The maximum absolute atomic E-state index is 6.02. The second kappa shape index (κ2) is 7.43. The molecule has 0 amide bonds. The molecule has 1 aliphatic carbocycles. The Kier molecular flexibility index (Phi) is 5.58. The molecule has 2 saturated heterocycles. The minimum absolute atomic E-state index is 0.530. The molecule has 2 unspecified atom stereocenters. The molecule has 2 bridgehead atoms. The first-order chi connectivity index (χ1) is 10.3. The third-order valence-corrected chi connectivity index (χ3v) is 5.77. The van der Waals surface area contributed by atoms with Crippen LogP contribution in [0.2, 0.25) is 0 Å². The van der Waals surface area contributed by atoms with Gasteiger partial charge in [-0.15, -0.1) is 0 Å². The maximum Gasteiger partial charge on any atom is 0.0707 e. The Labute approximate surface area is 130 Å². The maximum atomic E-state index is 6.02. The van der Waals surface area contributed by atoms with Crippen molar-refractivity contribution in [3.8, 4) is 0 Å². The highest BCUT2D eigenvalue weighted by atomic mass is 16.5. The molecule has 3 nitrogen and oxygen atoms in total. The first-order valence-electron chi connectivity index (χ1n) is 9.38. The normalized spacial score (nSPS) is 33.0. The summed E-state index contributed by atoms with van der Waals surface area (Å²) in [6.07, 6.45) is 13.5. The van der Waals surface area contributed by atoms with E-state index in [4.69, 9.17) is 4.74 Å². The third-order valence-electron chi connectivity index (χ3n) is 5.77. The number of ether oxygens (including phenoxy) is 1. The van der Waals surface area contributed by atoms with Gasteiger partial charge in [-0.05, 0) is 44.1 Å². The standard InChI is InChI=1S/C18H34N2O/c1-2-11-19-14-18(9-5-3-4-6-10-18)15-20-12-16-7-8-17(13-20)21-16/h16-17,19H,2-15H2,1H3. The molecule has 2 heterocycles. The zero-order valence-electron chi connectivity index (χ0n) is 13.9. The van der Waals surface area contributed by atoms with Crippen molar-refractivity contribution < 1.29 is 4.74 Å². The van der Waals surface area contributed by atoms with Crippen LogP contribution in [0.5, 0.6) is 0 Å². The van der Waals surface area contributed by atoms with Crippen molar-refractivity contribution in [1.82, 2.24) is 10.2 Å². The van der Waals surface area contributed by atoms with Crippen molar-refractivity contribution in [1.29, 1.82) is 0 Å². The van der Waals surface area contributed by atoms with E-state index < -0.39 is 0 Å². The molecule has 0 spiro atoms. The number of likely N-dealkylation sites (tertiary alicyclic amines) is 1. The summed E-state index contributed by atoms with van der Waals surface area (Å²) < 4.78 is 6.02. The van der Waals surface area contributed by atoms with Gasteiger partial charge in [-0.25, -0.2) is 0 Å². The van der Waals surface area contributed by atoms with Crippen LogP contribution in [0.1, 0.15) is 64.7 Å². The molecule has 0 radical (unpaired) electrons. The largest absolute Gasteiger partial charge is 0.372 e. The van der Waals surface area contributed by atoms with Crippen LogP contribution in [-0.2, 0) is 4.74 Å². The average Bonchev–Trinajstić information content (AvgIpc) is 2.69. The lowest BCUT2D eigenvalue weighted by Crippen LogP contribution is -2.50. The number of nitrogens with one attached hydrogen (secondary N) is 1. The Morgan fingerprint density at radius 1 is 1.05 bits per heavy atom. The van der Waals surface area contributed by atoms with Crippen LogP contribution in [0.15, 0.2) is 0 Å². The van der Waals surface area contributed by atoms with E-state index in [-0.39, 0.29) is 0 Å². The van der Waals surface area contributed by atoms with E-state index in [1.54, 1.807) is 0 Å². The van der Waals surface area contributed by atoms with Gasteiger partial charge in [-0.2, -0.15) is 0 Å². The number of nitrogens with zero attached hydrogens (tertiary/aromatic N) is 1. The summed E-state index contributed by atoms with van der Waals surface area (Å²) in [5.74, 6) is 0. The lowest BCUT2D eigenvalue weighted by molar-refractivity contribution is -0.0520. The fraction of sp³-hybridized carbons (Fsp3) is 1.00. The van der Waals surface area contributed by atoms with Crippen LogP contribution < -0.4 is 5.32 Å². The Bertz CT molecular complexity index is 300. The topological polar surface area (TPSA) is 24.5 Å². The van der Waals surface area contributed by atoms with Crippen LogP contribution in [0.4, 0.5) is 0 Å². The quantitative estimate of drug-likeness (QED) is 0.601. The van der Waals surface area contributed by atoms with E-state index >= 15 is 0 Å². The second-order valence-electron chi connectivity index (χ2n) is 7.74. The third kappa shape index (κ3) is 4.20. The monoisotopic (exact) mass is 294 g/mol. The second-order valence-corrected chi connectivity index (χ2v) is 7.74. The van der Waals surface area contributed by atoms with E-state index in [2.05, 4.69) is 17.1 Å². The van der Waals surface area contributed by atoms with Crippen LogP contribution >= 0.6 is 0 Å². The molecule has 0 aromatic carbocycles. The van der Waals surface area contributed by atoms with E-state index in [9.17, 15) is 0 Å². The molecule has 3 heteroatoms. The Hall–Kier alpha value is -0.120. The molecule has 122 valence electrons. The summed E-state index contributed by atoms with van der Waals surface area (Å²) >= 11 is 0. The van der Waals surface area contributed by atoms with Crippen molar-refractivity contribution >= 4 is 0 Å². The van der Waals surface area contributed by atoms with E-state index in [0.717, 1.165) is 0 Å². The molecule has 1 saturated carbocycles. The predicted molar refractivity (Wildman–Crippen MR) is 87.6 cm³/mol. The Balaban J connectivity index is 1.60. The Morgan fingerprint density at radius 2 is 1.71 bits per heavy atom. The predicted octanol–water partition coefficient (Wildman–Crippen LogP) is 3.19. The molecule has 0 aromatic rings. The lowest BCUT2D eigenvalue weighted by atomic mass is 9.79. The van der Waals surface area contributed by atoms with Crippen molar-refractivity contribution in [3.05, 3.63) is 0 Å². The van der Waals surface area contributed by atoms with E-state index in [1.807, 2.05) is 0 Å². The zero-order valence-corrected chi connectivity index (χ0v) is 13.9. The van der Waals surface area contributed by atoms with Crippen molar-refractivity contribution in [2.45, 2.75) is 76.9 Å². The zero-order chi connectivity index (χ0) is 14.5. The molecule has 2 atom stereocenters. The lowest BCUT2D eigenvalue weighted by Gasteiger charge is -2.41. The molecule has 0 aromatic heterocycles. The van der Waals surface area contributed by atoms with Gasteiger partial charge >= 0.3 is 0 Å². The highest BCUT2D eigenvalue weighted by Crippen LogP contribution is 2.37. The number of hydrogen-bond acceptors (Lipinski definition) is 3. The van der Waals surface area contributed by atoms with Gasteiger partial charge in [-0.1, -0.05) is 32.6 Å². The molecule has 21 heavy (non-hydrogen) atoms. The number of fused-ring (bicyclic) bond motifs is 2. The van der Waals surface area contributed by atoms with Crippen molar-refractivity contribution in [2.75, 3.05) is 32.7 Å². The van der Waals surface area contributed by atoms with Crippen LogP contribution in [-0.4, -0.2) is 49.8 Å². The number of hydrogen-bond donors (Lipinski definition) is 1. The molecule has 3 rings (SSSR count). The van der Waals surface area contributed by atoms with Gasteiger partial charge in [0.15, 0.2) is 0 Å². The minimum atomic E-state index is 0.530.